The van der Waals surface area contributed by atoms with Crippen molar-refractivity contribution < 1.29 is 13.3 Å². The van der Waals surface area contributed by atoms with E-state index < -0.39 is 14.9 Å². The second-order valence-corrected chi connectivity index (χ2v) is 8.28. The van der Waals surface area contributed by atoms with Crippen molar-refractivity contribution in [3.63, 3.8) is 0 Å². The van der Waals surface area contributed by atoms with Crippen molar-refractivity contribution in [3.05, 3.63) is 33.4 Å². The number of rotatable bonds is 3. The molecule has 2 aliphatic rings. The van der Waals surface area contributed by atoms with Gasteiger partial charge in [-0.3, -0.25) is 10.1 Å². The summed E-state index contributed by atoms with van der Waals surface area (Å²) in [5.74, 6) is 0. The van der Waals surface area contributed by atoms with E-state index in [4.69, 9.17) is 0 Å². The topological polar surface area (TPSA) is 92.5 Å². The molecule has 2 saturated heterocycles. The highest BCUT2D eigenvalue weighted by atomic mass is 32.2. The van der Waals surface area contributed by atoms with Crippen LogP contribution in [0.4, 0.5) is 5.69 Å². The number of benzene rings is 1. The minimum Gasteiger partial charge on any atom is -0.310 e. The van der Waals surface area contributed by atoms with E-state index in [1.54, 1.807) is 19.9 Å². The highest BCUT2D eigenvalue weighted by Gasteiger charge is 2.38. The molecule has 3 rings (SSSR count). The van der Waals surface area contributed by atoms with Gasteiger partial charge in [0.05, 0.1) is 4.92 Å². The maximum Gasteiger partial charge on any atom is 0.289 e. The van der Waals surface area contributed by atoms with Gasteiger partial charge in [0.25, 0.3) is 5.69 Å². The molecule has 0 spiro atoms. The number of hydrogen-bond acceptors (Lipinski definition) is 5. The Kier molecular flexibility index (Phi) is 4.16. The van der Waals surface area contributed by atoms with Crippen LogP contribution in [0, 0.1) is 24.0 Å². The highest BCUT2D eigenvalue weighted by molar-refractivity contribution is 7.89. The summed E-state index contributed by atoms with van der Waals surface area (Å²) in [6.45, 7) is 4.19. The third-order valence-electron chi connectivity index (χ3n) is 4.94. The van der Waals surface area contributed by atoms with Crippen LogP contribution in [0.15, 0.2) is 17.0 Å². The van der Waals surface area contributed by atoms with E-state index in [1.165, 1.54) is 10.4 Å². The van der Waals surface area contributed by atoms with Gasteiger partial charge in [-0.2, -0.15) is 4.31 Å². The zero-order chi connectivity index (χ0) is 16.8. The van der Waals surface area contributed by atoms with E-state index in [9.17, 15) is 18.5 Å². The van der Waals surface area contributed by atoms with Crippen LogP contribution in [-0.2, 0) is 10.0 Å². The van der Waals surface area contributed by atoms with Gasteiger partial charge in [-0.1, -0.05) is 6.07 Å². The minimum atomic E-state index is -3.88. The van der Waals surface area contributed by atoms with Crippen LogP contribution in [0.3, 0.4) is 0 Å². The molecule has 2 aliphatic heterocycles. The van der Waals surface area contributed by atoms with Crippen LogP contribution in [0.5, 0.6) is 0 Å². The Balaban J connectivity index is 2.06. The molecule has 1 aromatic carbocycles. The SMILES string of the molecule is Cc1ccc([N+](=O)[O-])c(S(=O)(=O)N2CCC3CCC(C2)N3)c1C. The van der Waals surface area contributed by atoms with E-state index in [0.717, 1.165) is 24.8 Å². The molecule has 23 heavy (non-hydrogen) atoms. The second-order valence-electron chi connectivity index (χ2n) is 6.40. The third kappa shape index (κ3) is 2.86. The van der Waals surface area contributed by atoms with E-state index in [1.807, 2.05) is 0 Å². The standard InChI is InChI=1S/C15H21N3O4S/c1-10-3-6-14(18(19)20)15(11(10)2)23(21,22)17-8-7-12-4-5-13(9-17)16-12/h3,6,12-13,16H,4-5,7-9H2,1-2H3. The summed E-state index contributed by atoms with van der Waals surface area (Å²) in [5, 5.41) is 14.8. The van der Waals surface area contributed by atoms with E-state index in [2.05, 4.69) is 5.32 Å². The van der Waals surface area contributed by atoms with Crippen molar-refractivity contribution in [3.8, 4) is 0 Å². The molecular formula is C15H21N3O4S. The van der Waals surface area contributed by atoms with Gasteiger partial charge in [-0.25, -0.2) is 8.42 Å². The Morgan fingerprint density at radius 1 is 1.22 bits per heavy atom. The molecule has 2 bridgehead atoms. The summed E-state index contributed by atoms with van der Waals surface area (Å²) >= 11 is 0. The average molecular weight is 339 g/mol. The first kappa shape index (κ1) is 16.4. The molecule has 2 fully saturated rings. The number of aryl methyl sites for hydroxylation is 1. The van der Waals surface area contributed by atoms with Crippen molar-refractivity contribution in [2.45, 2.75) is 50.1 Å². The Morgan fingerprint density at radius 2 is 1.91 bits per heavy atom. The summed E-state index contributed by atoms with van der Waals surface area (Å²) in [5.41, 5.74) is 0.862. The van der Waals surface area contributed by atoms with Crippen LogP contribution in [0.25, 0.3) is 0 Å². The Morgan fingerprint density at radius 3 is 2.61 bits per heavy atom. The summed E-state index contributed by atoms with van der Waals surface area (Å²) in [4.78, 5) is 10.6. The summed E-state index contributed by atoms with van der Waals surface area (Å²) < 4.78 is 27.6. The minimum absolute atomic E-state index is 0.140. The number of nitro benzene ring substituents is 1. The van der Waals surface area contributed by atoms with Crippen LogP contribution in [0.2, 0.25) is 0 Å². The largest absolute Gasteiger partial charge is 0.310 e. The first-order valence-electron chi connectivity index (χ1n) is 7.81. The van der Waals surface area contributed by atoms with Crippen molar-refractivity contribution in [2.24, 2.45) is 0 Å². The van der Waals surface area contributed by atoms with Gasteiger partial charge in [-0.05, 0) is 44.2 Å². The number of nitro groups is 1. The molecule has 2 atom stereocenters. The lowest BCUT2D eigenvalue weighted by molar-refractivity contribution is -0.388. The van der Waals surface area contributed by atoms with Crippen molar-refractivity contribution in [1.29, 1.82) is 0 Å². The molecule has 0 amide bonds. The Bertz CT molecular complexity index is 747. The summed E-state index contributed by atoms with van der Waals surface area (Å²) in [6.07, 6.45) is 2.77. The van der Waals surface area contributed by atoms with Crippen LogP contribution in [-0.4, -0.2) is 42.8 Å². The average Bonchev–Trinajstić information content (AvgIpc) is 2.79. The smallest absolute Gasteiger partial charge is 0.289 e. The molecule has 0 radical (unpaired) electrons. The van der Waals surface area contributed by atoms with Gasteiger partial charge in [0.1, 0.15) is 0 Å². The van der Waals surface area contributed by atoms with Gasteiger partial charge in [-0.15, -0.1) is 0 Å². The van der Waals surface area contributed by atoms with Crippen LogP contribution < -0.4 is 5.32 Å². The third-order valence-corrected chi connectivity index (χ3v) is 6.98. The van der Waals surface area contributed by atoms with E-state index in [-0.39, 0.29) is 16.6 Å². The first-order valence-corrected chi connectivity index (χ1v) is 9.25. The van der Waals surface area contributed by atoms with Gasteiger partial charge in [0.15, 0.2) is 4.90 Å². The molecule has 8 heteroatoms. The number of fused-ring (bicyclic) bond motifs is 2. The lowest BCUT2D eigenvalue weighted by Crippen LogP contribution is -2.39. The number of sulfonamides is 1. The monoisotopic (exact) mass is 339 g/mol. The fourth-order valence-corrected chi connectivity index (χ4v) is 5.44. The number of nitrogens with one attached hydrogen (secondary N) is 1. The molecular weight excluding hydrogens is 318 g/mol. The highest BCUT2D eigenvalue weighted by Crippen LogP contribution is 2.33. The van der Waals surface area contributed by atoms with Gasteiger partial charge < -0.3 is 5.32 Å². The lowest BCUT2D eigenvalue weighted by Gasteiger charge is -2.24. The lowest BCUT2D eigenvalue weighted by atomic mass is 10.1. The second kappa shape index (κ2) is 5.85. The normalized spacial score (nSPS) is 25.3. The van der Waals surface area contributed by atoms with Crippen LogP contribution in [0.1, 0.15) is 30.4 Å². The quantitative estimate of drug-likeness (QED) is 0.669. The van der Waals surface area contributed by atoms with Crippen LogP contribution >= 0.6 is 0 Å². The summed E-state index contributed by atoms with van der Waals surface area (Å²) in [7, 11) is -3.88. The molecule has 1 N–H and O–H groups in total. The maximum absolute atomic E-state index is 13.1. The zero-order valence-electron chi connectivity index (χ0n) is 13.3. The number of hydrogen-bond donors (Lipinski definition) is 1. The molecule has 1 aromatic rings. The Hall–Kier alpha value is -1.51. The summed E-state index contributed by atoms with van der Waals surface area (Å²) in [6, 6.07) is 3.38. The Labute approximate surface area is 135 Å². The first-order chi connectivity index (χ1) is 10.8. The molecule has 0 aliphatic carbocycles. The van der Waals surface area contributed by atoms with Gasteiger partial charge in [0, 0.05) is 31.2 Å². The zero-order valence-corrected chi connectivity index (χ0v) is 14.1. The predicted molar refractivity (Wildman–Crippen MR) is 85.9 cm³/mol. The molecule has 7 nitrogen and oxygen atoms in total. The molecule has 2 unspecified atom stereocenters. The molecule has 0 saturated carbocycles. The van der Waals surface area contributed by atoms with Crippen molar-refractivity contribution in [1.82, 2.24) is 9.62 Å². The van der Waals surface area contributed by atoms with Crippen molar-refractivity contribution >= 4 is 15.7 Å². The number of nitrogens with zero attached hydrogens (tertiary/aromatic N) is 2. The van der Waals surface area contributed by atoms with Crippen molar-refractivity contribution in [2.75, 3.05) is 13.1 Å². The predicted octanol–water partition coefficient (Wildman–Crippen LogP) is 1.73. The van der Waals surface area contributed by atoms with E-state index in [0.29, 0.717) is 24.7 Å². The van der Waals surface area contributed by atoms with Gasteiger partial charge in [0.2, 0.25) is 10.0 Å². The van der Waals surface area contributed by atoms with Gasteiger partial charge >= 0.3 is 0 Å². The fraction of sp³-hybridized carbons (Fsp3) is 0.600. The fourth-order valence-electron chi connectivity index (χ4n) is 3.50. The molecule has 2 heterocycles. The molecule has 126 valence electrons. The molecule has 0 aromatic heterocycles. The van der Waals surface area contributed by atoms with E-state index >= 15 is 0 Å². The maximum atomic E-state index is 13.1.